The molecule has 2 unspecified atom stereocenters. The molecule has 0 spiro atoms. The van der Waals surface area contributed by atoms with Gasteiger partial charge in [-0.05, 0) is 54.6 Å². The van der Waals surface area contributed by atoms with Crippen LogP contribution in [0, 0.1) is 5.92 Å². The van der Waals surface area contributed by atoms with Crippen molar-refractivity contribution in [1.82, 2.24) is 9.80 Å². The second kappa shape index (κ2) is 8.14. The number of hydrogen-bond donors (Lipinski definition) is 0. The van der Waals surface area contributed by atoms with Gasteiger partial charge in [0.2, 0.25) is 0 Å². The van der Waals surface area contributed by atoms with Gasteiger partial charge in [-0.25, -0.2) is 0 Å². The highest BCUT2D eigenvalue weighted by Gasteiger charge is 2.57. The Kier molecular flexibility index (Phi) is 5.10. The van der Waals surface area contributed by atoms with Gasteiger partial charge in [0.25, 0.3) is 5.91 Å². The fourth-order valence-corrected chi connectivity index (χ4v) is 6.80. The molecule has 2 aliphatic heterocycles. The number of piperidine rings is 1. The molecule has 33 heavy (non-hydrogen) atoms. The standard InChI is InChI=1S/C30H32N2O/c1-2-3-18-31-21-27-26(29(31)33)16-11-17-30(27,32-19-9-4-10-20-32)28-24-14-7-5-12-22(24)23-13-6-8-15-25(23)28/h3,5-8,11-18,27-28H,2,4,9-10,19-21H2,1H3. The third-order valence-electron chi connectivity index (χ3n) is 8.18. The molecule has 3 heteroatoms. The van der Waals surface area contributed by atoms with Gasteiger partial charge in [0.15, 0.2) is 0 Å². The van der Waals surface area contributed by atoms with Crippen LogP contribution in [0.3, 0.4) is 0 Å². The number of rotatable bonds is 4. The quantitative estimate of drug-likeness (QED) is 0.596. The Morgan fingerprint density at radius 1 is 0.970 bits per heavy atom. The Balaban J connectivity index is 1.56. The van der Waals surface area contributed by atoms with E-state index in [2.05, 4.69) is 84.7 Å². The van der Waals surface area contributed by atoms with Crippen LogP contribution in [0.2, 0.25) is 0 Å². The summed E-state index contributed by atoms with van der Waals surface area (Å²) in [5.41, 5.74) is 6.26. The summed E-state index contributed by atoms with van der Waals surface area (Å²) in [6.07, 6.45) is 15.5. The van der Waals surface area contributed by atoms with Gasteiger partial charge in [0, 0.05) is 30.2 Å². The number of nitrogens with zero attached hydrogens (tertiary/aromatic N) is 2. The molecule has 0 bridgehead atoms. The minimum Gasteiger partial charge on any atom is -0.315 e. The van der Waals surface area contributed by atoms with E-state index in [0.29, 0.717) is 0 Å². The van der Waals surface area contributed by atoms with E-state index in [1.165, 1.54) is 41.5 Å². The monoisotopic (exact) mass is 436 g/mol. The molecule has 2 aromatic rings. The van der Waals surface area contributed by atoms with E-state index in [0.717, 1.165) is 31.6 Å². The normalized spacial score (nSPS) is 27.1. The summed E-state index contributed by atoms with van der Waals surface area (Å²) >= 11 is 0. The molecule has 3 nitrogen and oxygen atoms in total. The van der Waals surface area contributed by atoms with Crippen molar-refractivity contribution in [3.05, 3.63) is 95.7 Å². The van der Waals surface area contributed by atoms with E-state index in [-0.39, 0.29) is 23.3 Å². The van der Waals surface area contributed by atoms with E-state index in [9.17, 15) is 4.79 Å². The summed E-state index contributed by atoms with van der Waals surface area (Å²) in [6, 6.07) is 17.9. The Hall–Kier alpha value is -2.91. The highest BCUT2D eigenvalue weighted by atomic mass is 16.2. The van der Waals surface area contributed by atoms with Crippen molar-refractivity contribution in [1.29, 1.82) is 0 Å². The molecular formula is C30H32N2O. The lowest BCUT2D eigenvalue weighted by molar-refractivity contribution is -0.122. The second-order valence-corrected chi connectivity index (χ2v) is 9.83. The number of fused-ring (bicyclic) bond motifs is 4. The highest BCUT2D eigenvalue weighted by molar-refractivity contribution is 5.98. The highest BCUT2D eigenvalue weighted by Crippen LogP contribution is 2.57. The van der Waals surface area contributed by atoms with Crippen molar-refractivity contribution in [3.63, 3.8) is 0 Å². The van der Waals surface area contributed by atoms with Crippen LogP contribution < -0.4 is 0 Å². The van der Waals surface area contributed by atoms with Gasteiger partial charge >= 0.3 is 0 Å². The van der Waals surface area contributed by atoms with Crippen molar-refractivity contribution in [2.75, 3.05) is 19.6 Å². The van der Waals surface area contributed by atoms with Crippen LogP contribution in [0.1, 0.15) is 49.7 Å². The number of hydrogen-bond acceptors (Lipinski definition) is 2. The third-order valence-corrected chi connectivity index (χ3v) is 8.18. The van der Waals surface area contributed by atoms with Gasteiger partial charge in [-0.2, -0.15) is 0 Å². The largest absolute Gasteiger partial charge is 0.315 e. The van der Waals surface area contributed by atoms with E-state index in [4.69, 9.17) is 0 Å². The number of allylic oxidation sites excluding steroid dienone is 3. The summed E-state index contributed by atoms with van der Waals surface area (Å²) < 4.78 is 0. The van der Waals surface area contributed by atoms with Crippen molar-refractivity contribution >= 4 is 5.91 Å². The molecule has 1 amide bonds. The van der Waals surface area contributed by atoms with Gasteiger partial charge in [0.1, 0.15) is 0 Å². The van der Waals surface area contributed by atoms with Crippen LogP contribution in [0.25, 0.3) is 11.1 Å². The summed E-state index contributed by atoms with van der Waals surface area (Å²) in [6.45, 7) is 5.06. The molecule has 4 aliphatic rings. The predicted octanol–water partition coefficient (Wildman–Crippen LogP) is 5.90. The van der Waals surface area contributed by atoms with Crippen molar-refractivity contribution < 1.29 is 4.79 Å². The zero-order chi connectivity index (χ0) is 22.4. The Morgan fingerprint density at radius 3 is 2.30 bits per heavy atom. The lowest BCUT2D eigenvalue weighted by Gasteiger charge is -2.52. The first-order chi connectivity index (χ1) is 16.3. The first-order valence-electron chi connectivity index (χ1n) is 12.6. The number of carbonyl (C=O) groups excluding carboxylic acids is 1. The Morgan fingerprint density at radius 2 is 1.64 bits per heavy atom. The minimum atomic E-state index is -0.238. The molecule has 168 valence electrons. The molecule has 2 aromatic carbocycles. The third kappa shape index (κ3) is 3.02. The molecule has 0 saturated carbocycles. The van der Waals surface area contributed by atoms with E-state index in [1.54, 1.807) is 0 Å². The van der Waals surface area contributed by atoms with E-state index in [1.807, 2.05) is 11.1 Å². The summed E-state index contributed by atoms with van der Waals surface area (Å²) in [5.74, 6) is 0.546. The lowest BCUT2D eigenvalue weighted by atomic mass is 9.64. The molecule has 2 aliphatic carbocycles. The maximum atomic E-state index is 13.5. The number of likely N-dealkylation sites (tertiary alicyclic amines) is 2. The topological polar surface area (TPSA) is 23.6 Å². The zero-order valence-electron chi connectivity index (χ0n) is 19.4. The molecule has 0 N–H and O–H groups in total. The molecule has 2 saturated heterocycles. The number of carbonyl (C=O) groups is 1. The number of amides is 1. The fourth-order valence-electron chi connectivity index (χ4n) is 6.80. The van der Waals surface area contributed by atoms with Gasteiger partial charge in [-0.15, -0.1) is 0 Å². The van der Waals surface area contributed by atoms with E-state index >= 15 is 0 Å². The predicted molar refractivity (Wildman–Crippen MR) is 134 cm³/mol. The maximum absolute atomic E-state index is 13.5. The van der Waals surface area contributed by atoms with Gasteiger partial charge in [-0.1, -0.05) is 86.2 Å². The lowest BCUT2D eigenvalue weighted by Crippen LogP contribution is -2.59. The molecule has 0 radical (unpaired) electrons. The smallest absolute Gasteiger partial charge is 0.254 e. The molecular weight excluding hydrogens is 404 g/mol. The Labute approximate surface area is 197 Å². The van der Waals surface area contributed by atoms with E-state index < -0.39 is 0 Å². The van der Waals surface area contributed by atoms with Crippen molar-refractivity contribution in [2.45, 2.75) is 44.1 Å². The Bertz CT molecular complexity index is 1120. The molecule has 2 heterocycles. The number of benzene rings is 2. The summed E-state index contributed by atoms with van der Waals surface area (Å²) in [7, 11) is 0. The van der Waals surface area contributed by atoms with Gasteiger partial charge in [0.05, 0.1) is 5.54 Å². The first-order valence-corrected chi connectivity index (χ1v) is 12.6. The van der Waals surface area contributed by atoms with Crippen LogP contribution in [0.4, 0.5) is 0 Å². The second-order valence-electron chi connectivity index (χ2n) is 9.83. The summed E-state index contributed by atoms with van der Waals surface area (Å²) in [4.78, 5) is 18.2. The van der Waals surface area contributed by atoms with Gasteiger partial charge in [-0.3, -0.25) is 9.69 Å². The van der Waals surface area contributed by atoms with Crippen molar-refractivity contribution in [2.24, 2.45) is 5.92 Å². The molecule has 6 rings (SSSR count). The maximum Gasteiger partial charge on any atom is 0.254 e. The van der Waals surface area contributed by atoms with Crippen LogP contribution in [0.5, 0.6) is 0 Å². The fraction of sp³-hybridized carbons (Fsp3) is 0.367. The van der Waals surface area contributed by atoms with Crippen LogP contribution in [-0.2, 0) is 4.79 Å². The molecule has 0 aromatic heterocycles. The SMILES string of the molecule is CCC=CN1CC2C(=CC=CC2(C2c3ccccc3-c3ccccc32)N2CCCCC2)C1=O. The zero-order valence-corrected chi connectivity index (χ0v) is 19.4. The van der Waals surface area contributed by atoms with Crippen LogP contribution >= 0.6 is 0 Å². The summed E-state index contributed by atoms with van der Waals surface area (Å²) in [5, 5.41) is 0. The van der Waals surface area contributed by atoms with Gasteiger partial charge < -0.3 is 4.90 Å². The van der Waals surface area contributed by atoms with Crippen molar-refractivity contribution in [3.8, 4) is 11.1 Å². The molecule has 2 atom stereocenters. The molecule has 2 fully saturated rings. The van der Waals surface area contributed by atoms with Crippen LogP contribution in [0.15, 0.2) is 84.6 Å². The average Bonchev–Trinajstić information content (AvgIpc) is 3.38. The first kappa shape index (κ1) is 20.7. The van der Waals surface area contributed by atoms with Crippen LogP contribution in [-0.4, -0.2) is 40.9 Å². The average molecular weight is 437 g/mol. The minimum absolute atomic E-state index is 0.152.